The molecule has 0 spiro atoms. The zero-order valence-electron chi connectivity index (χ0n) is 13.2. The number of hydrogen-bond acceptors (Lipinski definition) is 4. The normalized spacial score (nSPS) is 20.1. The van der Waals surface area contributed by atoms with Gasteiger partial charge in [0.15, 0.2) is 0 Å². The van der Waals surface area contributed by atoms with Gasteiger partial charge in [-0.2, -0.15) is 0 Å². The summed E-state index contributed by atoms with van der Waals surface area (Å²) < 4.78 is 5.60. The van der Waals surface area contributed by atoms with E-state index in [2.05, 4.69) is 18.7 Å². The van der Waals surface area contributed by atoms with Crippen LogP contribution in [-0.2, 0) is 0 Å². The molecular formula is C17H28N2O2. The molecule has 1 saturated heterocycles. The number of benzene rings is 1. The highest BCUT2D eigenvalue weighted by Gasteiger charge is 2.28. The minimum Gasteiger partial charge on any atom is -0.489 e. The van der Waals surface area contributed by atoms with Gasteiger partial charge in [0.25, 0.3) is 0 Å². The molecule has 21 heavy (non-hydrogen) atoms. The largest absolute Gasteiger partial charge is 0.489 e. The number of likely N-dealkylation sites (tertiary alicyclic amines) is 1. The number of β-amino-alcohol motifs (C(OH)–C–C–N with tert-alkyl or cyclic N) is 1. The third kappa shape index (κ3) is 4.61. The smallest absolute Gasteiger partial charge is 0.142 e. The van der Waals surface area contributed by atoms with Crippen molar-refractivity contribution < 1.29 is 9.84 Å². The molecular weight excluding hydrogens is 264 g/mol. The van der Waals surface area contributed by atoms with Gasteiger partial charge in [-0.1, -0.05) is 32.4 Å². The fourth-order valence-corrected chi connectivity index (χ4v) is 2.78. The van der Waals surface area contributed by atoms with Gasteiger partial charge in [-0.15, -0.1) is 0 Å². The van der Waals surface area contributed by atoms with Gasteiger partial charge in [0.1, 0.15) is 18.5 Å². The van der Waals surface area contributed by atoms with Crippen LogP contribution in [0.3, 0.4) is 0 Å². The van der Waals surface area contributed by atoms with Crippen LogP contribution in [0.15, 0.2) is 24.3 Å². The molecule has 1 fully saturated rings. The zero-order valence-corrected chi connectivity index (χ0v) is 13.2. The fourth-order valence-electron chi connectivity index (χ4n) is 2.78. The Morgan fingerprint density at radius 1 is 1.33 bits per heavy atom. The van der Waals surface area contributed by atoms with E-state index in [0.717, 1.165) is 13.1 Å². The number of hydrogen-bond donors (Lipinski definition) is 2. The number of ether oxygens (including phenoxy) is 1. The zero-order chi connectivity index (χ0) is 15.3. The van der Waals surface area contributed by atoms with Crippen molar-refractivity contribution in [3.05, 3.63) is 24.3 Å². The number of nitrogen functional groups attached to an aromatic ring is 1. The van der Waals surface area contributed by atoms with E-state index in [0.29, 0.717) is 23.4 Å². The fraction of sp³-hybridized carbons (Fsp3) is 0.647. The summed E-state index contributed by atoms with van der Waals surface area (Å²) in [5, 5.41) is 10.1. The number of piperidine rings is 1. The predicted octanol–water partition coefficient (Wildman–Crippen LogP) is 2.52. The average Bonchev–Trinajstić information content (AvgIpc) is 2.49. The van der Waals surface area contributed by atoms with Crippen LogP contribution in [0.5, 0.6) is 5.75 Å². The van der Waals surface area contributed by atoms with Crippen LogP contribution in [-0.4, -0.2) is 42.4 Å². The van der Waals surface area contributed by atoms with Gasteiger partial charge < -0.3 is 20.5 Å². The molecule has 118 valence electrons. The minimum absolute atomic E-state index is 0.287. The average molecular weight is 292 g/mol. The first-order valence-corrected chi connectivity index (χ1v) is 7.90. The summed E-state index contributed by atoms with van der Waals surface area (Å²) in [5.41, 5.74) is 6.91. The van der Waals surface area contributed by atoms with Gasteiger partial charge in [-0.05, 0) is 43.5 Å². The molecule has 0 radical (unpaired) electrons. The minimum atomic E-state index is -0.476. The second-order valence-electron chi connectivity index (χ2n) is 6.47. The van der Waals surface area contributed by atoms with Crippen LogP contribution in [0.4, 0.5) is 5.69 Å². The molecule has 3 N–H and O–H groups in total. The molecule has 1 heterocycles. The summed E-state index contributed by atoms with van der Waals surface area (Å²) in [4.78, 5) is 2.33. The third-order valence-corrected chi connectivity index (χ3v) is 4.74. The second kappa shape index (κ2) is 7.14. The van der Waals surface area contributed by atoms with E-state index in [9.17, 15) is 5.11 Å². The monoisotopic (exact) mass is 292 g/mol. The first-order chi connectivity index (χ1) is 10.0. The first kappa shape index (κ1) is 16.1. The lowest BCUT2D eigenvalue weighted by Crippen LogP contribution is -2.43. The van der Waals surface area contributed by atoms with Crippen LogP contribution < -0.4 is 10.5 Å². The van der Waals surface area contributed by atoms with Crippen LogP contribution in [0, 0.1) is 5.41 Å². The highest BCUT2D eigenvalue weighted by Crippen LogP contribution is 2.33. The summed E-state index contributed by atoms with van der Waals surface area (Å²) in [7, 11) is 0. The molecule has 2 rings (SSSR count). The van der Waals surface area contributed by atoms with Crippen LogP contribution >= 0.6 is 0 Å². The standard InChI is InChI=1S/C17H28N2O2/c1-3-17(2)8-10-19(11-9-17)12-14(20)13-21-16-7-5-4-6-15(16)18/h4-7,14,20H,3,8-13,18H2,1-2H3. The van der Waals surface area contributed by atoms with E-state index >= 15 is 0 Å². The van der Waals surface area contributed by atoms with Gasteiger partial charge >= 0.3 is 0 Å². The van der Waals surface area contributed by atoms with Crippen molar-refractivity contribution in [1.82, 2.24) is 4.90 Å². The van der Waals surface area contributed by atoms with Gasteiger partial charge in [0.2, 0.25) is 0 Å². The van der Waals surface area contributed by atoms with E-state index in [4.69, 9.17) is 10.5 Å². The number of para-hydroxylation sites is 2. The molecule has 1 aromatic rings. The maximum Gasteiger partial charge on any atom is 0.142 e. The maximum absolute atomic E-state index is 10.1. The molecule has 1 aliphatic heterocycles. The highest BCUT2D eigenvalue weighted by molar-refractivity contribution is 5.51. The molecule has 1 aliphatic rings. The third-order valence-electron chi connectivity index (χ3n) is 4.74. The molecule has 1 unspecified atom stereocenters. The van der Waals surface area contributed by atoms with Crippen LogP contribution in [0.25, 0.3) is 0 Å². The Kier molecular flexibility index (Phi) is 5.48. The summed E-state index contributed by atoms with van der Waals surface area (Å²) in [6.45, 7) is 7.72. The van der Waals surface area contributed by atoms with Crippen molar-refractivity contribution in [2.75, 3.05) is 32.0 Å². The molecule has 1 atom stereocenters. The molecule has 4 heteroatoms. The van der Waals surface area contributed by atoms with Crippen molar-refractivity contribution in [1.29, 1.82) is 0 Å². The Labute approximate surface area is 127 Å². The summed E-state index contributed by atoms with van der Waals surface area (Å²) in [6.07, 6.45) is 3.18. The number of nitrogens with two attached hydrogens (primary N) is 1. The number of anilines is 1. The molecule has 0 bridgehead atoms. The lowest BCUT2D eigenvalue weighted by Gasteiger charge is -2.39. The first-order valence-electron chi connectivity index (χ1n) is 7.90. The van der Waals surface area contributed by atoms with Crippen molar-refractivity contribution in [3.8, 4) is 5.75 Å². The lowest BCUT2D eigenvalue weighted by atomic mass is 9.78. The topological polar surface area (TPSA) is 58.7 Å². The van der Waals surface area contributed by atoms with Crippen molar-refractivity contribution in [3.63, 3.8) is 0 Å². The highest BCUT2D eigenvalue weighted by atomic mass is 16.5. The van der Waals surface area contributed by atoms with Crippen LogP contribution in [0.2, 0.25) is 0 Å². The summed E-state index contributed by atoms with van der Waals surface area (Å²) >= 11 is 0. The van der Waals surface area contributed by atoms with Gasteiger partial charge in [0, 0.05) is 6.54 Å². The molecule has 0 saturated carbocycles. The van der Waals surface area contributed by atoms with Crippen molar-refractivity contribution >= 4 is 5.69 Å². The Morgan fingerprint density at radius 2 is 2.00 bits per heavy atom. The number of rotatable bonds is 6. The van der Waals surface area contributed by atoms with E-state index in [1.807, 2.05) is 18.2 Å². The Bertz CT molecular complexity index is 442. The Hall–Kier alpha value is -1.26. The van der Waals surface area contributed by atoms with E-state index < -0.39 is 6.10 Å². The predicted molar refractivity (Wildman–Crippen MR) is 86.4 cm³/mol. The van der Waals surface area contributed by atoms with E-state index in [1.54, 1.807) is 6.07 Å². The summed E-state index contributed by atoms with van der Waals surface area (Å²) in [6, 6.07) is 7.39. The SMILES string of the molecule is CCC1(C)CCN(CC(O)COc2ccccc2N)CC1. The number of aliphatic hydroxyl groups is 1. The molecule has 0 aromatic heterocycles. The van der Waals surface area contributed by atoms with E-state index in [-0.39, 0.29) is 6.61 Å². The Balaban J connectivity index is 1.73. The van der Waals surface area contributed by atoms with Gasteiger partial charge in [-0.3, -0.25) is 0 Å². The molecule has 0 amide bonds. The maximum atomic E-state index is 10.1. The molecule has 4 nitrogen and oxygen atoms in total. The van der Waals surface area contributed by atoms with Crippen LogP contribution in [0.1, 0.15) is 33.1 Å². The number of aliphatic hydroxyl groups excluding tert-OH is 1. The quantitative estimate of drug-likeness (QED) is 0.791. The molecule has 0 aliphatic carbocycles. The summed E-state index contributed by atoms with van der Waals surface area (Å²) in [5.74, 6) is 0.647. The van der Waals surface area contributed by atoms with Crippen molar-refractivity contribution in [2.24, 2.45) is 5.41 Å². The van der Waals surface area contributed by atoms with Gasteiger partial charge in [-0.25, -0.2) is 0 Å². The lowest BCUT2D eigenvalue weighted by molar-refractivity contribution is 0.0398. The Morgan fingerprint density at radius 3 is 2.62 bits per heavy atom. The van der Waals surface area contributed by atoms with Crippen molar-refractivity contribution in [2.45, 2.75) is 39.2 Å². The molecule has 1 aromatic carbocycles. The van der Waals surface area contributed by atoms with E-state index in [1.165, 1.54) is 19.3 Å². The number of nitrogens with zero attached hydrogens (tertiary/aromatic N) is 1. The van der Waals surface area contributed by atoms with Gasteiger partial charge in [0.05, 0.1) is 5.69 Å². The second-order valence-corrected chi connectivity index (χ2v) is 6.47.